The normalized spacial score (nSPS) is 26.0. The molecule has 3 aliphatic heterocycles. The number of benzene rings is 3. The van der Waals surface area contributed by atoms with Crippen molar-refractivity contribution < 1.29 is 19.5 Å². The predicted molar refractivity (Wildman–Crippen MR) is 176 cm³/mol. The number of thioether (sulfide) groups is 1. The van der Waals surface area contributed by atoms with Crippen LogP contribution in [-0.2, 0) is 20.9 Å². The Bertz CT molecular complexity index is 1590. The molecule has 6 atom stereocenters. The van der Waals surface area contributed by atoms with E-state index in [-0.39, 0.29) is 36.1 Å². The Balaban J connectivity index is 1.38. The molecule has 2 bridgehead atoms. The van der Waals surface area contributed by atoms with Gasteiger partial charge in [-0.15, -0.1) is 24.9 Å². The predicted octanol–water partition coefficient (Wildman–Crippen LogP) is 5.05. The van der Waals surface area contributed by atoms with Gasteiger partial charge in [0.2, 0.25) is 11.8 Å². The molecule has 0 aliphatic carbocycles. The largest absolute Gasteiger partial charge is 0.394 e. The number of aliphatic hydroxyl groups is 1. The molecule has 7 nitrogen and oxygen atoms in total. The topological polar surface area (TPSA) is 81.2 Å². The van der Waals surface area contributed by atoms with Gasteiger partial charge in [-0.3, -0.25) is 14.4 Å². The lowest BCUT2D eigenvalue weighted by Crippen LogP contribution is -2.57. The summed E-state index contributed by atoms with van der Waals surface area (Å²) in [5.41, 5.74) is 1.73. The van der Waals surface area contributed by atoms with Crippen LogP contribution in [0.2, 0.25) is 0 Å². The van der Waals surface area contributed by atoms with Crippen LogP contribution in [0.25, 0.3) is 10.8 Å². The van der Waals surface area contributed by atoms with E-state index in [9.17, 15) is 19.5 Å². The number of anilines is 1. The average molecular weight is 610 g/mol. The maximum Gasteiger partial charge on any atom is 0.251 e. The molecular formula is C36H39N3O4S. The molecule has 2 unspecified atom stereocenters. The third-order valence-electron chi connectivity index (χ3n) is 9.50. The number of aliphatic hydroxyl groups excluding tert-OH is 1. The zero-order chi connectivity index (χ0) is 31.0. The van der Waals surface area contributed by atoms with Gasteiger partial charge < -0.3 is 19.8 Å². The Morgan fingerprint density at radius 2 is 1.73 bits per heavy atom. The summed E-state index contributed by atoms with van der Waals surface area (Å²) in [4.78, 5) is 48.7. The molecule has 3 aromatic rings. The lowest BCUT2D eigenvalue weighted by Gasteiger charge is -2.39. The number of hydrogen-bond donors (Lipinski definition) is 1. The van der Waals surface area contributed by atoms with Crippen LogP contribution >= 0.6 is 11.8 Å². The summed E-state index contributed by atoms with van der Waals surface area (Å²) in [7, 11) is 0. The zero-order valence-corrected chi connectivity index (χ0v) is 25.9. The first-order chi connectivity index (χ1) is 21.3. The van der Waals surface area contributed by atoms with Crippen molar-refractivity contribution in [2.24, 2.45) is 11.8 Å². The van der Waals surface area contributed by atoms with E-state index in [1.807, 2.05) is 72.8 Å². The van der Waals surface area contributed by atoms with Gasteiger partial charge in [-0.05, 0) is 48.2 Å². The van der Waals surface area contributed by atoms with E-state index < -0.39 is 28.7 Å². The Morgan fingerprint density at radius 3 is 2.43 bits per heavy atom. The molecule has 228 valence electrons. The smallest absolute Gasteiger partial charge is 0.251 e. The maximum absolute atomic E-state index is 14.8. The Hall–Kier alpha value is -3.88. The Kier molecular flexibility index (Phi) is 8.40. The van der Waals surface area contributed by atoms with Gasteiger partial charge in [-0.25, -0.2) is 0 Å². The van der Waals surface area contributed by atoms with Gasteiger partial charge in [0.05, 0.1) is 29.2 Å². The van der Waals surface area contributed by atoms with Crippen LogP contribution in [0.4, 0.5) is 5.69 Å². The third kappa shape index (κ3) is 4.94. The summed E-state index contributed by atoms with van der Waals surface area (Å²) >= 11 is 1.64. The van der Waals surface area contributed by atoms with Gasteiger partial charge in [-0.1, -0.05) is 72.8 Å². The van der Waals surface area contributed by atoms with Gasteiger partial charge in [0.25, 0.3) is 5.91 Å². The molecule has 3 aromatic carbocycles. The molecule has 3 fully saturated rings. The van der Waals surface area contributed by atoms with E-state index in [4.69, 9.17) is 0 Å². The van der Waals surface area contributed by atoms with Crippen molar-refractivity contribution in [1.29, 1.82) is 0 Å². The fourth-order valence-corrected chi connectivity index (χ4v) is 9.75. The summed E-state index contributed by atoms with van der Waals surface area (Å²) in [5, 5.41) is 12.3. The number of hydrogen-bond acceptors (Lipinski definition) is 5. The standard InChI is InChI=1S/C36H39N3O4S/c1-4-19-37(22-25-11-7-6-8-12-25)33(41)30-29-17-18-36(44-29)31(30)34(42)39(24(3)23-40)32(36)35(43)38(20-5-2)28-16-15-26-13-9-10-14-27(26)21-28/h4-16,21,24,29-32,40H,1-2,17-20,22-23H2,3H3/t24-,29-,30+,31+,32?,36?/m1/s1. The number of likely N-dealkylation sites (tertiary alicyclic amines) is 1. The molecule has 0 radical (unpaired) electrons. The highest BCUT2D eigenvalue weighted by molar-refractivity contribution is 8.02. The fraction of sp³-hybridized carbons (Fsp3) is 0.361. The average Bonchev–Trinajstić information content (AvgIpc) is 3.70. The minimum Gasteiger partial charge on any atom is -0.394 e. The van der Waals surface area contributed by atoms with Crippen LogP contribution in [0.5, 0.6) is 0 Å². The minimum atomic E-state index is -0.816. The van der Waals surface area contributed by atoms with E-state index in [1.54, 1.807) is 45.5 Å². The molecule has 3 heterocycles. The van der Waals surface area contributed by atoms with Crippen LogP contribution in [0.15, 0.2) is 98.1 Å². The first-order valence-electron chi connectivity index (χ1n) is 15.3. The summed E-state index contributed by atoms with van der Waals surface area (Å²) in [6.07, 6.45) is 4.83. The first-order valence-corrected chi connectivity index (χ1v) is 16.2. The third-order valence-corrected chi connectivity index (χ3v) is 11.4. The van der Waals surface area contributed by atoms with E-state index in [0.29, 0.717) is 19.5 Å². The Morgan fingerprint density at radius 1 is 1.02 bits per heavy atom. The van der Waals surface area contributed by atoms with Gasteiger partial charge in [0, 0.05) is 30.6 Å². The van der Waals surface area contributed by atoms with Gasteiger partial charge in [0.1, 0.15) is 6.04 Å². The minimum absolute atomic E-state index is 0.0602. The van der Waals surface area contributed by atoms with Gasteiger partial charge >= 0.3 is 0 Å². The molecular weight excluding hydrogens is 570 g/mol. The second-order valence-corrected chi connectivity index (χ2v) is 13.7. The zero-order valence-electron chi connectivity index (χ0n) is 25.0. The monoisotopic (exact) mass is 609 g/mol. The second kappa shape index (κ2) is 12.3. The quantitative estimate of drug-likeness (QED) is 0.308. The number of carbonyl (C=O) groups is 3. The molecule has 3 amide bonds. The highest BCUT2D eigenvalue weighted by Gasteiger charge is 2.74. The number of carbonyl (C=O) groups excluding carboxylic acids is 3. The lowest BCUT2D eigenvalue weighted by atomic mass is 9.70. The molecule has 0 saturated carbocycles. The number of amides is 3. The summed E-state index contributed by atoms with van der Waals surface area (Å²) < 4.78 is -0.758. The van der Waals surface area contributed by atoms with E-state index in [0.717, 1.165) is 28.4 Å². The molecule has 1 spiro atoms. The molecule has 0 aromatic heterocycles. The van der Waals surface area contributed by atoms with Crippen molar-refractivity contribution in [2.75, 3.05) is 24.6 Å². The Labute approximate surface area is 263 Å². The van der Waals surface area contributed by atoms with Crippen LogP contribution in [0.3, 0.4) is 0 Å². The van der Waals surface area contributed by atoms with Crippen LogP contribution in [-0.4, -0.2) is 74.4 Å². The first kappa shape index (κ1) is 30.2. The highest BCUT2D eigenvalue weighted by atomic mass is 32.2. The molecule has 6 rings (SSSR count). The van der Waals surface area contributed by atoms with Crippen molar-refractivity contribution in [1.82, 2.24) is 9.80 Å². The van der Waals surface area contributed by atoms with Gasteiger partial charge in [0.15, 0.2) is 0 Å². The maximum atomic E-state index is 14.8. The SMILES string of the molecule is C=CCN(Cc1ccccc1)C(=O)[C@@H]1[C@H]2C(=O)N([C@H](C)CO)C(C(=O)N(CC=C)c3ccc4ccccc4c3)C23CC[C@H]1S3. The van der Waals surface area contributed by atoms with Crippen LogP contribution in [0, 0.1) is 11.8 Å². The number of fused-ring (bicyclic) bond motifs is 2. The van der Waals surface area contributed by atoms with E-state index in [2.05, 4.69) is 13.2 Å². The summed E-state index contributed by atoms with van der Waals surface area (Å²) in [6, 6.07) is 22.3. The highest BCUT2D eigenvalue weighted by Crippen LogP contribution is 2.67. The van der Waals surface area contributed by atoms with Crippen LogP contribution in [0.1, 0.15) is 25.3 Å². The van der Waals surface area contributed by atoms with E-state index in [1.165, 1.54) is 0 Å². The van der Waals surface area contributed by atoms with Crippen molar-refractivity contribution in [2.45, 2.75) is 48.4 Å². The fourth-order valence-electron chi connectivity index (χ4n) is 7.56. The van der Waals surface area contributed by atoms with Crippen molar-refractivity contribution >= 4 is 45.9 Å². The van der Waals surface area contributed by atoms with Gasteiger partial charge in [-0.2, -0.15) is 0 Å². The second-order valence-electron chi connectivity index (χ2n) is 12.1. The molecule has 8 heteroatoms. The van der Waals surface area contributed by atoms with Crippen molar-refractivity contribution in [3.05, 3.63) is 104 Å². The molecule has 3 aliphatic rings. The molecule has 44 heavy (non-hydrogen) atoms. The lowest BCUT2D eigenvalue weighted by molar-refractivity contribution is -0.145. The van der Waals surface area contributed by atoms with Crippen LogP contribution < -0.4 is 4.90 Å². The summed E-state index contributed by atoms with van der Waals surface area (Å²) in [5.74, 6) is -1.69. The molecule has 3 saturated heterocycles. The van der Waals surface area contributed by atoms with E-state index >= 15 is 0 Å². The number of rotatable bonds is 11. The van der Waals surface area contributed by atoms with Crippen molar-refractivity contribution in [3.8, 4) is 0 Å². The summed E-state index contributed by atoms with van der Waals surface area (Å²) in [6.45, 7) is 10.4. The van der Waals surface area contributed by atoms with Crippen molar-refractivity contribution in [3.63, 3.8) is 0 Å². The number of nitrogens with zero attached hydrogens (tertiary/aromatic N) is 3. The molecule has 1 N–H and O–H groups in total.